The number of nitrogens with zero attached hydrogens (tertiary/aromatic N) is 2. The van der Waals surface area contributed by atoms with Gasteiger partial charge in [0, 0.05) is 12.6 Å². The van der Waals surface area contributed by atoms with Gasteiger partial charge in [0.1, 0.15) is 0 Å². The summed E-state index contributed by atoms with van der Waals surface area (Å²) in [5.74, 6) is 0.987. The molecule has 1 aromatic heterocycles. The van der Waals surface area contributed by atoms with Gasteiger partial charge in [0.05, 0.1) is 16.4 Å². The maximum Gasteiger partial charge on any atom is 0.0847 e. The Labute approximate surface area is 109 Å². The molecule has 0 spiro atoms. The van der Waals surface area contributed by atoms with E-state index >= 15 is 0 Å². The van der Waals surface area contributed by atoms with E-state index in [1.807, 2.05) is 11.6 Å². The first-order chi connectivity index (χ1) is 7.88. The maximum absolute atomic E-state index is 6.32. The van der Waals surface area contributed by atoms with Gasteiger partial charge in [-0.1, -0.05) is 25.4 Å². The number of rotatable bonds is 5. The lowest BCUT2D eigenvalue weighted by Gasteiger charge is -2.25. The van der Waals surface area contributed by atoms with Gasteiger partial charge in [-0.2, -0.15) is 5.10 Å². The molecule has 0 radical (unpaired) electrons. The second kappa shape index (κ2) is 5.87. The summed E-state index contributed by atoms with van der Waals surface area (Å²) in [6, 6.07) is 0.173. The predicted octanol–water partition coefficient (Wildman–Crippen LogP) is 3.03. The monoisotopic (exact) mass is 257 g/mol. The molecule has 0 amide bonds. The highest BCUT2D eigenvalue weighted by Crippen LogP contribution is 2.27. The molecule has 17 heavy (non-hydrogen) atoms. The molecule has 3 nitrogen and oxygen atoms in total. The van der Waals surface area contributed by atoms with Crippen LogP contribution in [0.3, 0.4) is 0 Å². The first-order valence-corrected chi connectivity index (χ1v) is 6.73. The number of aryl methyl sites for hydroxylation is 2. The first-order valence-electron chi connectivity index (χ1n) is 6.35. The van der Waals surface area contributed by atoms with Crippen molar-refractivity contribution in [1.82, 2.24) is 9.78 Å². The fourth-order valence-electron chi connectivity index (χ4n) is 2.32. The summed E-state index contributed by atoms with van der Waals surface area (Å²) >= 11 is 6.32. The van der Waals surface area contributed by atoms with Crippen molar-refractivity contribution in [2.75, 3.05) is 0 Å². The zero-order valence-electron chi connectivity index (χ0n) is 11.5. The molecule has 0 aliphatic rings. The standard InChI is InChI=1S/C13H24ClN3/c1-6-17-12(13(14)10(5)16-17)7-11(8(2)3)9(4)15/h8-9,11H,6-7,15H2,1-5H3. The summed E-state index contributed by atoms with van der Waals surface area (Å²) in [5.41, 5.74) is 8.10. The Morgan fingerprint density at radius 2 is 1.94 bits per heavy atom. The highest BCUT2D eigenvalue weighted by molar-refractivity contribution is 6.31. The number of halogens is 1. The Morgan fingerprint density at radius 3 is 2.35 bits per heavy atom. The van der Waals surface area contributed by atoms with E-state index < -0.39 is 0 Å². The van der Waals surface area contributed by atoms with Crippen LogP contribution in [-0.2, 0) is 13.0 Å². The van der Waals surface area contributed by atoms with E-state index in [4.69, 9.17) is 17.3 Å². The summed E-state index contributed by atoms with van der Waals surface area (Å²) in [6.45, 7) is 11.4. The molecule has 4 heteroatoms. The van der Waals surface area contributed by atoms with Crippen LogP contribution in [0.4, 0.5) is 0 Å². The average Bonchev–Trinajstić information content (AvgIpc) is 2.51. The van der Waals surface area contributed by atoms with E-state index in [0.717, 1.165) is 29.4 Å². The van der Waals surface area contributed by atoms with Gasteiger partial charge in [0.25, 0.3) is 0 Å². The van der Waals surface area contributed by atoms with Crippen molar-refractivity contribution >= 4 is 11.6 Å². The molecular formula is C13H24ClN3. The van der Waals surface area contributed by atoms with Gasteiger partial charge in [-0.3, -0.25) is 4.68 Å². The zero-order chi connectivity index (χ0) is 13.2. The average molecular weight is 258 g/mol. The van der Waals surface area contributed by atoms with Gasteiger partial charge >= 0.3 is 0 Å². The third kappa shape index (κ3) is 3.23. The predicted molar refractivity (Wildman–Crippen MR) is 73.3 cm³/mol. The smallest absolute Gasteiger partial charge is 0.0847 e. The van der Waals surface area contributed by atoms with Crippen LogP contribution in [0.2, 0.25) is 5.02 Å². The molecule has 2 atom stereocenters. The van der Waals surface area contributed by atoms with E-state index in [1.165, 1.54) is 0 Å². The molecule has 1 rings (SSSR count). The van der Waals surface area contributed by atoms with Crippen molar-refractivity contribution in [1.29, 1.82) is 0 Å². The summed E-state index contributed by atoms with van der Waals surface area (Å²) in [6.07, 6.45) is 0.906. The number of hydrogen-bond donors (Lipinski definition) is 1. The quantitative estimate of drug-likeness (QED) is 0.881. The largest absolute Gasteiger partial charge is 0.328 e. The van der Waals surface area contributed by atoms with Crippen LogP contribution in [0.15, 0.2) is 0 Å². The molecule has 0 saturated carbocycles. The van der Waals surface area contributed by atoms with Crippen molar-refractivity contribution in [2.45, 2.75) is 53.6 Å². The molecular weight excluding hydrogens is 234 g/mol. The Hall–Kier alpha value is -0.540. The van der Waals surface area contributed by atoms with Crippen LogP contribution in [-0.4, -0.2) is 15.8 Å². The third-order valence-corrected chi connectivity index (χ3v) is 3.91. The van der Waals surface area contributed by atoms with E-state index in [9.17, 15) is 0 Å². The van der Waals surface area contributed by atoms with Gasteiger partial charge in [0.15, 0.2) is 0 Å². The van der Waals surface area contributed by atoms with Crippen LogP contribution in [0.1, 0.15) is 39.1 Å². The van der Waals surface area contributed by atoms with Crippen molar-refractivity contribution in [3.8, 4) is 0 Å². The lowest BCUT2D eigenvalue weighted by Crippen LogP contribution is -2.32. The lowest BCUT2D eigenvalue weighted by molar-refractivity contribution is 0.322. The number of nitrogens with two attached hydrogens (primary N) is 1. The minimum atomic E-state index is 0.173. The molecule has 0 aromatic carbocycles. The van der Waals surface area contributed by atoms with Crippen LogP contribution in [0.25, 0.3) is 0 Å². The minimum Gasteiger partial charge on any atom is -0.328 e. The van der Waals surface area contributed by atoms with Crippen LogP contribution in [0, 0.1) is 18.8 Å². The number of aromatic nitrogens is 2. The summed E-state index contributed by atoms with van der Waals surface area (Å²) in [4.78, 5) is 0. The Morgan fingerprint density at radius 1 is 1.35 bits per heavy atom. The summed E-state index contributed by atoms with van der Waals surface area (Å²) in [5, 5.41) is 5.25. The SMILES string of the molecule is CCn1nc(C)c(Cl)c1CC(C(C)C)C(C)N. The topological polar surface area (TPSA) is 43.8 Å². The van der Waals surface area contributed by atoms with Crippen LogP contribution < -0.4 is 5.73 Å². The first kappa shape index (κ1) is 14.5. The van der Waals surface area contributed by atoms with Crippen molar-refractivity contribution < 1.29 is 0 Å². The molecule has 0 bridgehead atoms. The highest BCUT2D eigenvalue weighted by Gasteiger charge is 2.23. The molecule has 1 aromatic rings. The molecule has 2 N–H and O–H groups in total. The van der Waals surface area contributed by atoms with Gasteiger partial charge in [0.2, 0.25) is 0 Å². The van der Waals surface area contributed by atoms with Crippen LogP contribution in [0.5, 0.6) is 0 Å². The van der Waals surface area contributed by atoms with Gasteiger partial charge < -0.3 is 5.73 Å². The van der Waals surface area contributed by atoms with Gasteiger partial charge in [-0.15, -0.1) is 0 Å². The normalized spacial score (nSPS) is 15.3. The Balaban J connectivity index is 3.00. The second-order valence-electron chi connectivity index (χ2n) is 5.13. The summed E-state index contributed by atoms with van der Waals surface area (Å²) < 4.78 is 2.00. The van der Waals surface area contributed by atoms with E-state index in [1.54, 1.807) is 0 Å². The zero-order valence-corrected chi connectivity index (χ0v) is 12.3. The molecule has 2 unspecified atom stereocenters. The summed E-state index contributed by atoms with van der Waals surface area (Å²) in [7, 11) is 0. The van der Waals surface area contributed by atoms with E-state index in [2.05, 4.69) is 32.8 Å². The Bertz CT molecular complexity index is 361. The third-order valence-electron chi connectivity index (χ3n) is 3.41. The second-order valence-corrected chi connectivity index (χ2v) is 5.51. The fraction of sp³-hybridized carbons (Fsp3) is 0.769. The fourth-order valence-corrected chi connectivity index (χ4v) is 2.53. The van der Waals surface area contributed by atoms with Crippen molar-refractivity contribution in [3.05, 3.63) is 16.4 Å². The lowest BCUT2D eigenvalue weighted by atomic mass is 9.86. The van der Waals surface area contributed by atoms with Gasteiger partial charge in [-0.25, -0.2) is 0 Å². The van der Waals surface area contributed by atoms with Crippen molar-refractivity contribution in [2.24, 2.45) is 17.6 Å². The molecule has 98 valence electrons. The maximum atomic E-state index is 6.32. The van der Waals surface area contributed by atoms with Gasteiger partial charge in [-0.05, 0) is 39.0 Å². The molecule has 0 aliphatic heterocycles. The number of hydrogen-bond acceptors (Lipinski definition) is 2. The van der Waals surface area contributed by atoms with E-state index in [-0.39, 0.29) is 6.04 Å². The van der Waals surface area contributed by atoms with E-state index in [0.29, 0.717) is 11.8 Å². The molecule has 0 aliphatic carbocycles. The van der Waals surface area contributed by atoms with Crippen LogP contribution >= 0.6 is 11.6 Å². The molecule has 0 fully saturated rings. The van der Waals surface area contributed by atoms with Crippen molar-refractivity contribution in [3.63, 3.8) is 0 Å². The Kier molecular flexibility index (Phi) is 5.02. The highest BCUT2D eigenvalue weighted by atomic mass is 35.5. The molecule has 1 heterocycles. The minimum absolute atomic E-state index is 0.173. The molecule has 0 saturated heterocycles.